The van der Waals surface area contributed by atoms with Crippen molar-refractivity contribution in [1.82, 2.24) is 0 Å². The number of hydrogen-bond acceptors (Lipinski definition) is 3. The average molecular weight is 365 g/mol. The van der Waals surface area contributed by atoms with Crippen molar-refractivity contribution < 1.29 is 82.2 Å². The fraction of sp³-hybridized carbons (Fsp3) is 0.143. The van der Waals surface area contributed by atoms with E-state index in [1.54, 1.807) is 0 Å². The van der Waals surface area contributed by atoms with Crippen LogP contribution in [-0.4, -0.2) is 0 Å². The first-order valence-electron chi connectivity index (χ1n) is 3.52. The Bertz CT molecular complexity index is 443. The smallest absolute Gasteiger partial charge is 0.806 e. The van der Waals surface area contributed by atoms with Crippen molar-refractivity contribution in [1.29, 1.82) is 0 Å². The van der Waals surface area contributed by atoms with Gasteiger partial charge in [0.1, 0.15) is 0 Å². The zero-order chi connectivity index (χ0) is 11.9. The van der Waals surface area contributed by atoms with Gasteiger partial charge in [-0.1, -0.05) is 33.6 Å². The Kier molecular flexibility index (Phi) is 9.64. The fourth-order valence-electron chi connectivity index (χ4n) is 0.881. The second-order valence-electron chi connectivity index (χ2n) is 2.66. The van der Waals surface area contributed by atoms with E-state index in [0.717, 1.165) is 18.2 Å². The minimum atomic E-state index is -6.04. The van der Waals surface area contributed by atoms with E-state index in [1.165, 1.54) is 0 Å². The Morgan fingerprint density at radius 3 is 2.12 bits per heavy atom. The van der Waals surface area contributed by atoms with E-state index in [1.807, 2.05) is 0 Å². The first-order chi connectivity index (χ1) is 6.66. The molecule has 0 atom stereocenters. The van der Waals surface area contributed by atoms with E-state index < -0.39 is 18.8 Å². The van der Waals surface area contributed by atoms with Crippen LogP contribution in [0.2, 0.25) is 5.02 Å². The molecule has 0 aliphatic heterocycles. The molecule has 0 bridgehead atoms. The molecule has 0 heterocycles. The summed E-state index contributed by atoms with van der Waals surface area (Å²) in [6, 6.07) is 2.94. The molecule has 0 aliphatic carbocycles. The van der Waals surface area contributed by atoms with Gasteiger partial charge in [0.25, 0.3) is 5.66 Å². The first kappa shape index (κ1) is 21.3. The Morgan fingerprint density at radius 1 is 1.29 bits per heavy atom. The van der Waals surface area contributed by atoms with Crippen LogP contribution in [0.5, 0.6) is 0 Å². The van der Waals surface area contributed by atoms with E-state index in [2.05, 4.69) is 15.9 Å². The van der Waals surface area contributed by atoms with Gasteiger partial charge in [-0.3, -0.25) is 0 Å². The SMILES string of the molecule is O=P([O-])([O-])C(F)(F)c1ccc(Cl)cc1Br.[Na+].[Na+]. The molecule has 1 aromatic rings. The summed E-state index contributed by atoms with van der Waals surface area (Å²) >= 11 is 8.19. The number of rotatable bonds is 2. The molecule has 0 amide bonds. The molecular weight excluding hydrogens is 362 g/mol. The number of benzene rings is 1. The van der Waals surface area contributed by atoms with Gasteiger partial charge in [0.15, 0.2) is 0 Å². The second-order valence-corrected chi connectivity index (χ2v) is 5.51. The Balaban J connectivity index is 0. The van der Waals surface area contributed by atoms with Crippen molar-refractivity contribution in [2.45, 2.75) is 5.66 Å². The minimum absolute atomic E-state index is 0. The zero-order valence-electron chi connectivity index (χ0n) is 8.92. The van der Waals surface area contributed by atoms with Crippen LogP contribution < -0.4 is 68.9 Å². The maximum atomic E-state index is 13.1. The van der Waals surface area contributed by atoms with Gasteiger partial charge in [-0.25, -0.2) is 0 Å². The van der Waals surface area contributed by atoms with Crippen molar-refractivity contribution in [3.63, 3.8) is 0 Å². The van der Waals surface area contributed by atoms with Crippen LogP contribution >= 0.6 is 35.1 Å². The van der Waals surface area contributed by atoms with Gasteiger partial charge in [0.2, 0.25) is 0 Å². The number of hydrogen-bond donors (Lipinski definition) is 0. The van der Waals surface area contributed by atoms with Crippen molar-refractivity contribution in [3.05, 3.63) is 33.3 Å². The Hall–Kier alpha value is 2.00. The van der Waals surface area contributed by atoms with Gasteiger partial charge < -0.3 is 14.4 Å². The summed E-state index contributed by atoms with van der Waals surface area (Å²) in [4.78, 5) is 20.7. The summed E-state index contributed by atoms with van der Waals surface area (Å²) in [6.45, 7) is 0. The molecule has 0 saturated carbocycles. The molecule has 0 unspecified atom stereocenters. The van der Waals surface area contributed by atoms with E-state index in [4.69, 9.17) is 11.6 Å². The van der Waals surface area contributed by atoms with Crippen LogP contribution in [0.4, 0.5) is 8.78 Å². The minimum Gasteiger partial charge on any atom is -0.806 e. The topological polar surface area (TPSA) is 63.2 Å². The van der Waals surface area contributed by atoms with Crippen LogP contribution in [0.15, 0.2) is 22.7 Å². The van der Waals surface area contributed by atoms with Gasteiger partial charge in [-0.2, -0.15) is 8.78 Å². The molecule has 0 N–H and O–H groups in total. The zero-order valence-corrected chi connectivity index (χ0v) is 16.2. The maximum Gasteiger partial charge on any atom is 1.00 e. The van der Waals surface area contributed by atoms with Crippen LogP contribution in [0.1, 0.15) is 5.56 Å². The summed E-state index contributed by atoms with van der Waals surface area (Å²) < 4.78 is 36.3. The van der Waals surface area contributed by atoms with E-state index in [9.17, 15) is 23.1 Å². The standard InChI is InChI=1S/C7H5BrClF2O3P.2Na/c8-6-3-4(9)1-2-5(6)7(10,11)15(12,13)14;;/h1-3H,(H2,12,13,14);;/q;2*+1/p-2. The van der Waals surface area contributed by atoms with E-state index in [0.29, 0.717) is 0 Å². The predicted molar refractivity (Wildman–Crippen MR) is 50.7 cm³/mol. The van der Waals surface area contributed by atoms with Gasteiger partial charge in [-0.05, 0) is 12.1 Å². The molecule has 0 fully saturated rings. The summed E-state index contributed by atoms with van der Waals surface area (Å²) in [5.41, 5.74) is -5.36. The van der Waals surface area contributed by atoms with Crippen molar-refractivity contribution in [3.8, 4) is 0 Å². The number of halogens is 4. The van der Waals surface area contributed by atoms with Crippen LogP contribution in [-0.2, 0) is 10.2 Å². The first-order valence-corrected chi connectivity index (χ1v) is 6.23. The predicted octanol–water partition coefficient (Wildman–Crippen LogP) is -3.93. The quantitative estimate of drug-likeness (QED) is 0.397. The molecule has 0 aliphatic rings. The van der Waals surface area contributed by atoms with Crippen molar-refractivity contribution in [2.75, 3.05) is 0 Å². The van der Waals surface area contributed by atoms with E-state index >= 15 is 0 Å². The Labute approximate surface area is 154 Å². The van der Waals surface area contributed by atoms with Crippen molar-refractivity contribution >= 4 is 35.1 Å². The largest absolute Gasteiger partial charge is 1.00 e. The maximum absolute atomic E-state index is 13.1. The molecule has 3 nitrogen and oxygen atoms in total. The van der Waals surface area contributed by atoms with Gasteiger partial charge in [0.05, 0.1) is 0 Å². The summed E-state index contributed by atoms with van der Waals surface area (Å²) in [7, 11) is -6.04. The average Bonchev–Trinajstić information content (AvgIpc) is 2.00. The molecule has 1 aromatic carbocycles. The van der Waals surface area contributed by atoms with Gasteiger partial charge in [0, 0.05) is 22.7 Å². The van der Waals surface area contributed by atoms with Gasteiger partial charge in [-0.15, -0.1) is 0 Å². The monoisotopic (exact) mass is 364 g/mol. The molecular formula is C7H3BrClF2Na2O3P. The van der Waals surface area contributed by atoms with E-state index in [-0.39, 0.29) is 68.6 Å². The van der Waals surface area contributed by atoms with Crippen molar-refractivity contribution in [2.24, 2.45) is 0 Å². The summed E-state index contributed by atoms with van der Waals surface area (Å²) in [6.07, 6.45) is 0. The van der Waals surface area contributed by atoms with Crippen LogP contribution in [0.3, 0.4) is 0 Å². The molecule has 10 heteroatoms. The van der Waals surface area contributed by atoms with Crippen LogP contribution in [0, 0.1) is 0 Å². The third kappa shape index (κ3) is 5.12. The van der Waals surface area contributed by atoms with Crippen LogP contribution in [0.25, 0.3) is 0 Å². The summed E-state index contributed by atoms with van der Waals surface area (Å²) in [5, 5.41) is 0.146. The molecule has 1 rings (SSSR count). The molecule has 0 saturated heterocycles. The van der Waals surface area contributed by atoms with Gasteiger partial charge >= 0.3 is 59.1 Å². The third-order valence-corrected chi connectivity index (χ3v) is 3.42. The molecule has 0 radical (unpaired) electrons. The molecule has 84 valence electrons. The molecule has 0 spiro atoms. The normalized spacial score (nSPS) is 11.4. The second kappa shape index (κ2) is 7.70. The molecule has 17 heavy (non-hydrogen) atoms. The summed E-state index contributed by atoms with van der Waals surface area (Å²) in [5.74, 6) is 0. The molecule has 0 aromatic heterocycles. The Morgan fingerprint density at radius 2 is 1.76 bits per heavy atom. The fourth-order valence-corrected chi connectivity index (χ4v) is 2.46. The number of alkyl halides is 2. The third-order valence-electron chi connectivity index (χ3n) is 1.60.